The zero-order valence-corrected chi connectivity index (χ0v) is 11.2. The Labute approximate surface area is 111 Å². The third-order valence-electron chi connectivity index (χ3n) is 2.34. The third kappa shape index (κ3) is 4.57. The van der Waals surface area contributed by atoms with Crippen molar-refractivity contribution in [1.82, 2.24) is 10.3 Å². The maximum absolute atomic E-state index is 11.9. The van der Waals surface area contributed by atoms with E-state index in [2.05, 4.69) is 10.3 Å². The summed E-state index contributed by atoms with van der Waals surface area (Å²) >= 11 is 0. The topological polar surface area (TPSA) is 88.5 Å². The molecule has 104 valence electrons. The SMILES string of the molecule is CC(C)Oc1cccnc1C(=O)NCC(C)C(=O)O. The van der Waals surface area contributed by atoms with Crippen LogP contribution in [0.3, 0.4) is 0 Å². The molecule has 6 nitrogen and oxygen atoms in total. The first kappa shape index (κ1) is 14.9. The Morgan fingerprint density at radius 2 is 2.11 bits per heavy atom. The molecule has 1 unspecified atom stereocenters. The van der Waals surface area contributed by atoms with Crippen molar-refractivity contribution in [1.29, 1.82) is 0 Å². The number of pyridine rings is 1. The minimum absolute atomic E-state index is 0.0475. The van der Waals surface area contributed by atoms with Crippen LogP contribution in [-0.4, -0.2) is 34.6 Å². The van der Waals surface area contributed by atoms with Crippen LogP contribution in [0.2, 0.25) is 0 Å². The van der Waals surface area contributed by atoms with Gasteiger partial charge in [0.2, 0.25) is 0 Å². The molecule has 0 bridgehead atoms. The van der Waals surface area contributed by atoms with Gasteiger partial charge in [0.25, 0.3) is 5.91 Å². The van der Waals surface area contributed by atoms with E-state index in [-0.39, 0.29) is 18.3 Å². The Bertz CT molecular complexity index is 460. The van der Waals surface area contributed by atoms with Gasteiger partial charge in [-0.3, -0.25) is 9.59 Å². The van der Waals surface area contributed by atoms with Crippen LogP contribution in [0.25, 0.3) is 0 Å². The number of ether oxygens (including phenoxy) is 1. The fourth-order valence-corrected chi connectivity index (χ4v) is 1.33. The van der Waals surface area contributed by atoms with E-state index in [0.29, 0.717) is 5.75 Å². The first-order chi connectivity index (χ1) is 8.91. The minimum atomic E-state index is -0.958. The molecule has 2 N–H and O–H groups in total. The second-order valence-corrected chi connectivity index (χ2v) is 4.47. The number of carbonyl (C=O) groups is 2. The molecule has 1 heterocycles. The second kappa shape index (κ2) is 6.72. The van der Waals surface area contributed by atoms with Crippen LogP contribution in [-0.2, 0) is 4.79 Å². The Kier molecular flexibility index (Phi) is 5.29. The van der Waals surface area contributed by atoms with Crippen molar-refractivity contribution in [2.24, 2.45) is 5.92 Å². The maximum atomic E-state index is 11.9. The molecule has 0 aliphatic carbocycles. The van der Waals surface area contributed by atoms with Gasteiger partial charge in [-0.15, -0.1) is 0 Å². The van der Waals surface area contributed by atoms with Gasteiger partial charge >= 0.3 is 5.97 Å². The Balaban J connectivity index is 2.74. The first-order valence-corrected chi connectivity index (χ1v) is 6.04. The summed E-state index contributed by atoms with van der Waals surface area (Å²) in [4.78, 5) is 26.6. The van der Waals surface area contributed by atoms with E-state index >= 15 is 0 Å². The Hall–Kier alpha value is -2.11. The monoisotopic (exact) mass is 266 g/mol. The van der Waals surface area contributed by atoms with E-state index in [0.717, 1.165) is 0 Å². The maximum Gasteiger partial charge on any atom is 0.308 e. The second-order valence-electron chi connectivity index (χ2n) is 4.47. The quantitative estimate of drug-likeness (QED) is 0.810. The van der Waals surface area contributed by atoms with Gasteiger partial charge in [-0.25, -0.2) is 4.98 Å². The molecule has 6 heteroatoms. The van der Waals surface area contributed by atoms with Gasteiger partial charge in [0.1, 0.15) is 0 Å². The van der Waals surface area contributed by atoms with E-state index in [9.17, 15) is 9.59 Å². The van der Waals surface area contributed by atoms with Crippen molar-refractivity contribution in [2.75, 3.05) is 6.54 Å². The highest BCUT2D eigenvalue weighted by Gasteiger charge is 2.17. The molecule has 1 aromatic heterocycles. The van der Waals surface area contributed by atoms with Crippen molar-refractivity contribution >= 4 is 11.9 Å². The number of carbonyl (C=O) groups excluding carboxylic acids is 1. The fraction of sp³-hybridized carbons (Fsp3) is 0.462. The molecule has 0 aromatic carbocycles. The van der Waals surface area contributed by atoms with Crippen LogP contribution >= 0.6 is 0 Å². The molecule has 1 amide bonds. The summed E-state index contributed by atoms with van der Waals surface area (Å²) in [6, 6.07) is 3.33. The highest BCUT2D eigenvalue weighted by atomic mass is 16.5. The first-order valence-electron chi connectivity index (χ1n) is 6.04. The molecule has 0 saturated carbocycles. The molecule has 1 rings (SSSR count). The number of amides is 1. The van der Waals surface area contributed by atoms with Crippen molar-refractivity contribution in [3.63, 3.8) is 0 Å². The van der Waals surface area contributed by atoms with E-state index in [1.807, 2.05) is 13.8 Å². The van der Waals surface area contributed by atoms with Gasteiger partial charge in [0.15, 0.2) is 11.4 Å². The van der Waals surface area contributed by atoms with Gasteiger partial charge in [0.05, 0.1) is 12.0 Å². The lowest BCUT2D eigenvalue weighted by Gasteiger charge is -2.13. The van der Waals surface area contributed by atoms with Crippen LogP contribution in [0, 0.1) is 5.92 Å². The summed E-state index contributed by atoms with van der Waals surface area (Å²) in [7, 11) is 0. The average molecular weight is 266 g/mol. The highest BCUT2D eigenvalue weighted by molar-refractivity contribution is 5.95. The van der Waals surface area contributed by atoms with Crippen molar-refractivity contribution < 1.29 is 19.4 Å². The number of hydrogen-bond acceptors (Lipinski definition) is 4. The number of nitrogens with zero attached hydrogens (tertiary/aromatic N) is 1. The molecule has 0 radical (unpaired) electrons. The number of aliphatic carboxylic acids is 1. The molecule has 0 fully saturated rings. The van der Waals surface area contributed by atoms with Crippen molar-refractivity contribution in [3.8, 4) is 5.75 Å². The molecule has 0 spiro atoms. The van der Waals surface area contributed by atoms with Gasteiger partial charge in [0, 0.05) is 12.7 Å². The largest absolute Gasteiger partial charge is 0.489 e. The molecule has 1 atom stereocenters. The van der Waals surface area contributed by atoms with E-state index < -0.39 is 17.8 Å². The van der Waals surface area contributed by atoms with Crippen LogP contribution in [0.15, 0.2) is 18.3 Å². The van der Waals surface area contributed by atoms with E-state index in [1.165, 1.54) is 13.1 Å². The zero-order chi connectivity index (χ0) is 14.4. The molecule has 1 aromatic rings. The van der Waals surface area contributed by atoms with E-state index in [4.69, 9.17) is 9.84 Å². The molecule has 19 heavy (non-hydrogen) atoms. The Morgan fingerprint density at radius 1 is 1.42 bits per heavy atom. The van der Waals surface area contributed by atoms with Gasteiger partial charge in [-0.2, -0.15) is 0 Å². The standard InChI is InChI=1S/C13H18N2O4/c1-8(2)19-10-5-4-6-14-11(10)12(16)15-7-9(3)13(17)18/h4-6,8-9H,7H2,1-3H3,(H,15,16)(H,17,18). The van der Waals surface area contributed by atoms with Crippen LogP contribution in [0.4, 0.5) is 0 Å². The van der Waals surface area contributed by atoms with Crippen molar-refractivity contribution in [2.45, 2.75) is 26.9 Å². The zero-order valence-electron chi connectivity index (χ0n) is 11.2. The minimum Gasteiger partial charge on any atom is -0.489 e. The van der Waals surface area contributed by atoms with Gasteiger partial charge in [-0.05, 0) is 26.0 Å². The molecule has 0 aliphatic heterocycles. The summed E-state index contributed by atoms with van der Waals surface area (Å²) in [5.74, 6) is -1.66. The lowest BCUT2D eigenvalue weighted by molar-refractivity contribution is -0.140. The lowest BCUT2D eigenvalue weighted by atomic mass is 10.2. The molecule has 0 saturated heterocycles. The van der Waals surface area contributed by atoms with Gasteiger partial charge in [-0.1, -0.05) is 6.92 Å². The summed E-state index contributed by atoms with van der Waals surface area (Å²) in [5, 5.41) is 11.3. The van der Waals surface area contributed by atoms with Crippen LogP contribution in [0.5, 0.6) is 5.75 Å². The third-order valence-corrected chi connectivity index (χ3v) is 2.34. The lowest BCUT2D eigenvalue weighted by Crippen LogP contribution is -2.32. The normalized spacial score (nSPS) is 12.0. The molecular weight excluding hydrogens is 248 g/mol. The number of aromatic nitrogens is 1. The predicted molar refractivity (Wildman–Crippen MR) is 69.1 cm³/mol. The van der Waals surface area contributed by atoms with Crippen LogP contribution in [0.1, 0.15) is 31.3 Å². The number of carboxylic acid groups (broad SMARTS) is 1. The van der Waals surface area contributed by atoms with Crippen LogP contribution < -0.4 is 10.1 Å². The van der Waals surface area contributed by atoms with Gasteiger partial charge < -0.3 is 15.2 Å². The highest BCUT2D eigenvalue weighted by Crippen LogP contribution is 2.16. The number of hydrogen-bond donors (Lipinski definition) is 2. The molecule has 0 aliphatic rings. The number of rotatable bonds is 6. The summed E-state index contributed by atoms with van der Waals surface area (Å²) in [6.07, 6.45) is 1.41. The Morgan fingerprint density at radius 3 is 2.68 bits per heavy atom. The fourth-order valence-electron chi connectivity index (χ4n) is 1.33. The number of carboxylic acids is 1. The summed E-state index contributed by atoms with van der Waals surface area (Å²) in [5.41, 5.74) is 0.161. The smallest absolute Gasteiger partial charge is 0.308 e. The summed E-state index contributed by atoms with van der Waals surface area (Å²) < 4.78 is 5.48. The number of nitrogens with one attached hydrogen (secondary N) is 1. The summed E-state index contributed by atoms with van der Waals surface area (Å²) in [6.45, 7) is 5.26. The van der Waals surface area contributed by atoms with E-state index in [1.54, 1.807) is 12.1 Å². The predicted octanol–water partition coefficient (Wildman–Crippen LogP) is 1.32. The molecular formula is C13H18N2O4. The average Bonchev–Trinajstić information content (AvgIpc) is 2.35. The van der Waals surface area contributed by atoms with Crippen molar-refractivity contribution in [3.05, 3.63) is 24.0 Å².